The van der Waals surface area contributed by atoms with Crippen LogP contribution in [0.5, 0.6) is 0 Å². The molecule has 2 aromatic rings. The number of carbonyl (C=O) groups is 1. The van der Waals surface area contributed by atoms with Crippen LogP contribution in [-0.4, -0.2) is 15.5 Å². The maximum absolute atomic E-state index is 11.6. The minimum absolute atomic E-state index is 0.254. The zero-order chi connectivity index (χ0) is 10.7. The maximum atomic E-state index is 11.6. The van der Waals surface area contributed by atoms with E-state index in [1.165, 1.54) is 0 Å². The van der Waals surface area contributed by atoms with Crippen molar-refractivity contribution in [3.63, 3.8) is 0 Å². The predicted octanol–water partition coefficient (Wildman–Crippen LogP) is 2.55. The molecule has 6 heteroatoms. The highest BCUT2D eigenvalue weighted by Gasteiger charge is 2.09. The average molecular weight is 284 g/mol. The van der Waals surface area contributed by atoms with Crippen LogP contribution in [0.4, 0.5) is 5.69 Å². The molecular formula is C9H6BrN3OS. The number of para-hydroxylation sites is 1. The summed E-state index contributed by atoms with van der Waals surface area (Å²) in [5, 5.41) is 8.02. The molecule has 0 saturated heterocycles. The van der Waals surface area contributed by atoms with E-state index in [9.17, 15) is 4.79 Å². The van der Waals surface area contributed by atoms with Crippen LogP contribution in [0.15, 0.2) is 34.1 Å². The van der Waals surface area contributed by atoms with E-state index in [0.29, 0.717) is 5.69 Å². The molecule has 0 atom stereocenters. The van der Waals surface area contributed by atoms with Crippen molar-refractivity contribution in [2.24, 2.45) is 0 Å². The summed E-state index contributed by atoms with van der Waals surface area (Å²) in [5.41, 5.74) is 1.05. The van der Waals surface area contributed by atoms with E-state index in [0.717, 1.165) is 21.7 Å². The number of aromatic nitrogens is 2. The van der Waals surface area contributed by atoms with Crippen molar-refractivity contribution < 1.29 is 4.79 Å². The first kappa shape index (κ1) is 10.3. The standard InChI is InChI=1S/C9H6BrN3OS/c10-6-3-1-2-4-7(6)11-9(14)8-5-15-13-12-8/h1-5H,(H,11,14). The van der Waals surface area contributed by atoms with E-state index in [1.54, 1.807) is 5.38 Å². The summed E-state index contributed by atoms with van der Waals surface area (Å²) in [7, 11) is 0. The first-order valence-corrected chi connectivity index (χ1v) is 5.73. The molecule has 4 nitrogen and oxygen atoms in total. The molecule has 0 saturated carbocycles. The van der Waals surface area contributed by atoms with Crippen molar-refractivity contribution in [2.75, 3.05) is 5.32 Å². The molecule has 76 valence electrons. The Morgan fingerprint density at radius 3 is 2.87 bits per heavy atom. The van der Waals surface area contributed by atoms with Crippen molar-refractivity contribution in [1.82, 2.24) is 9.59 Å². The SMILES string of the molecule is O=C(Nc1ccccc1Br)c1csnn1. The van der Waals surface area contributed by atoms with Crippen molar-refractivity contribution >= 4 is 39.1 Å². The van der Waals surface area contributed by atoms with E-state index in [2.05, 4.69) is 30.8 Å². The van der Waals surface area contributed by atoms with Crippen LogP contribution in [0.3, 0.4) is 0 Å². The number of benzene rings is 1. The van der Waals surface area contributed by atoms with Crippen LogP contribution >= 0.6 is 27.5 Å². The number of hydrogen-bond donors (Lipinski definition) is 1. The zero-order valence-electron chi connectivity index (χ0n) is 7.48. The van der Waals surface area contributed by atoms with E-state index in [1.807, 2.05) is 24.3 Å². The van der Waals surface area contributed by atoms with Crippen molar-refractivity contribution in [3.05, 3.63) is 39.8 Å². The van der Waals surface area contributed by atoms with Gasteiger partial charge in [0.2, 0.25) is 0 Å². The normalized spacial score (nSPS) is 9.93. The second-order valence-corrected chi connectivity index (χ2v) is 4.19. The highest BCUT2D eigenvalue weighted by atomic mass is 79.9. The van der Waals surface area contributed by atoms with Crippen molar-refractivity contribution in [1.29, 1.82) is 0 Å². The number of anilines is 1. The first-order valence-electron chi connectivity index (χ1n) is 4.10. The van der Waals surface area contributed by atoms with E-state index >= 15 is 0 Å². The number of nitrogens with zero attached hydrogens (tertiary/aromatic N) is 2. The third kappa shape index (κ3) is 2.40. The summed E-state index contributed by atoms with van der Waals surface area (Å²) in [4.78, 5) is 11.6. The van der Waals surface area contributed by atoms with Gasteiger partial charge in [-0.25, -0.2) is 0 Å². The molecule has 1 amide bonds. The van der Waals surface area contributed by atoms with Gasteiger partial charge in [0, 0.05) is 9.85 Å². The number of halogens is 1. The Bertz CT molecular complexity index is 472. The average Bonchev–Trinajstić information content (AvgIpc) is 2.74. The summed E-state index contributed by atoms with van der Waals surface area (Å²) >= 11 is 4.49. The molecule has 0 unspecified atom stereocenters. The fourth-order valence-corrected chi connectivity index (χ4v) is 1.83. The van der Waals surface area contributed by atoms with Gasteiger partial charge in [0.1, 0.15) is 0 Å². The lowest BCUT2D eigenvalue weighted by molar-refractivity contribution is 0.102. The summed E-state index contributed by atoms with van der Waals surface area (Å²) in [6.45, 7) is 0. The molecular weight excluding hydrogens is 278 g/mol. The molecule has 0 fully saturated rings. The number of rotatable bonds is 2. The molecule has 1 N–H and O–H groups in total. The van der Waals surface area contributed by atoms with Crippen LogP contribution in [0, 0.1) is 0 Å². The number of nitrogens with one attached hydrogen (secondary N) is 1. The molecule has 1 aromatic heterocycles. The molecule has 0 spiro atoms. The quantitative estimate of drug-likeness (QED) is 0.922. The monoisotopic (exact) mass is 283 g/mol. The fraction of sp³-hybridized carbons (Fsp3) is 0. The maximum Gasteiger partial charge on any atom is 0.277 e. The third-order valence-electron chi connectivity index (χ3n) is 1.71. The molecule has 0 bridgehead atoms. The molecule has 0 aliphatic rings. The first-order chi connectivity index (χ1) is 7.27. The van der Waals surface area contributed by atoms with Crippen LogP contribution in [0.25, 0.3) is 0 Å². The Morgan fingerprint density at radius 1 is 1.40 bits per heavy atom. The van der Waals surface area contributed by atoms with E-state index in [4.69, 9.17) is 0 Å². The molecule has 1 heterocycles. The summed E-state index contributed by atoms with van der Waals surface area (Å²) in [6.07, 6.45) is 0. The van der Waals surface area contributed by atoms with Gasteiger partial charge in [-0.05, 0) is 39.6 Å². The predicted molar refractivity (Wildman–Crippen MR) is 62.0 cm³/mol. The third-order valence-corrected chi connectivity index (χ3v) is 2.91. The topological polar surface area (TPSA) is 54.9 Å². The number of hydrogen-bond acceptors (Lipinski definition) is 4. The number of carbonyl (C=O) groups excluding carboxylic acids is 1. The van der Waals surface area contributed by atoms with Gasteiger partial charge >= 0.3 is 0 Å². The summed E-state index contributed by atoms with van der Waals surface area (Å²) in [5.74, 6) is -0.254. The minimum atomic E-state index is -0.254. The lowest BCUT2D eigenvalue weighted by Crippen LogP contribution is -2.12. The molecule has 1 aromatic carbocycles. The molecule has 0 aliphatic heterocycles. The van der Waals surface area contributed by atoms with E-state index < -0.39 is 0 Å². The summed E-state index contributed by atoms with van der Waals surface area (Å²) < 4.78 is 4.46. The van der Waals surface area contributed by atoms with Gasteiger partial charge < -0.3 is 5.32 Å². The van der Waals surface area contributed by atoms with Gasteiger partial charge in [-0.3, -0.25) is 4.79 Å². The zero-order valence-corrected chi connectivity index (χ0v) is 9.88. The van der Waals surface area contributed by atoms with Crippen LogP contribution in [-0.2, 0) is 0 Å². The van der Waals surface area contributed by atoms with Gasteiger partial charge in [-0.2, -0.15) is 0 Å². The molecule has 0 aliphatic carbocycles. The van der Waals surface area contributed by atoms with Crippen LogP contribution in [0.1, 0.15) is 10.5 Å². The van der Waals surface area contributed by atoms with Gasteiger partial charge in [0.25, 0.3) is 5.91 Å². The Balaban J connectivity index is 2.17. The van der Waals surface area contributed by atoms with Crippen LogP contribution in [0.2, 0.25) is 0 Å². The van der Waals surface area contributed by atoms with Gasteiger partial charge in [-0.15, -0.1) is 5.10 Å². The molecule has 15 heavy (non-hydrogen) atoms. The van der Waals surface area contributed by atoms with Gasteiger partial charge in [0.05, 0.1) is 5.69 Å². The van der Waals surface area contributed by atoms with Crippen molar-refractivity contribution in [2.45, 2.75) is 0 Å². The van der Waals surface area contributed by atoms with E-state index in [-0.39, 0.29) is 5.91 Å². The van der Waals surface area contributed by atoms with Crippen LogP contribution < -0.4 is 5.32 Å². The Kier molecular flexibility index (Phi) is 3.08. The number of amides is 1. The highest BCUT2D eigenvalue weighted by molar-refractivity contribution is 9.10. The van der Waals surface area contributed by atoms with Gasteiger partial charge in [0.15, 0.2) is 5.69 Å². The summed E-state index contributed by atoms with van der Waals surface area (Å²) in [6, 6.07) is 7.39. The Labute approximate surface area is 98.6 Å². The van der Waals surface area contributed by atoms with Gasteiger partial charge in [-0.1, -0.05) is 16.6 Å². The molecule has 0 radical (unpaired) electrons. The fourth-order valence-electron chi connectivity index (χ4n) is 1.01. The largest absolute Gasteiger partial charge is 0.320 e. The van der Waals surface area contributed by atoms with Crippen molar-refractivity contribution in [3.8, 4) is 0 Å². The minimum Gasteiger partial charge on any atom is -0.320 e. The molecule has 2 rings (SSSR count). The Morgan fingerprint density at radius 2 is 2.20 bits per heavy atom. The second kappa shape index (κ2) is 4.50. The smallest absolute Gasteiger partial charge is 0.277 e. The lowest BCUT2D eigenvalue weighted by atomic mass is 10.3. The Hall–Kier alpha value is -1.27. The highest BCUT2D eigenvalue weighted by Crippen LogP contribution is 2.21. The lowest BCUT2D eigenvalue weighted by Gasteiger charge is -2.04. The second-order valence-electron chi connectivity index (χ2n) is 2.72.